The predicted octanol–water partition coefficient (Wildman–Crippen LogP) is 4.40. The first-order valence-electron chi connectivity index (χ1n) is 10.3. The van der Waals surface area contributed by atoms with Crippen LogP contribution in [0.15, 0.2) is 103 Å². The molecule has 8 heteroatoms. The zero-order valence-electron chi connectivity index (χ0n) is 17.5. The number of carbonyl (C=O) groups is 2. The third kappa shape index (κ3) is 4.33. The molecule has 0 saturated heterocycles. The van der Waals surface area contributed by atoms with Gasteiger partial charge in [0.1, 0.15) is 11.2 Å². The van der Waals surface area contributed by atoms with Crippen molar-refractivity contribution in [2.75, 3.05) is 10.6 Å². The molecule has 0 atom stereocenters. The second-order valence-electron chi connectivity index (χ2n) is 7.50. The minimum atomic E-state index is -0.449. The molecule has 8 nitrogen and oxygen atoms in total. The molecule has 0 aliphatic carbocycles. The van der Waals surface area contributed by atoms with Crippen LogP contribution in [0, 0.1) is 0 Å². The highest BCUT2D eigenvalue weighted by molar-refractivity contribution is 6.09. The van der Waals surface area contributed by atoms with Crippen LogP contribution in [0.3, 0.4) is 0 Å². The Labute approximate surface area is 191 Å². The van der Waals surface area contributed by atoms with Crippen molar-refractivity contribution < 1.29 is 18.4 Å². The summed E-state index contributed by atoms with van der Waals surface area (Å²) in [7, 11) is 0. The Morgan fingerprint density at radius 1 is 0.559 bits per heavy atom. The van der Waals surface area contributed by atoms with Gasteiger partial charge < -0.3 is 19.5 Å². The van der Waals surface area contributed by atoms with Crippen molar-refractivity contribution in [3.05, 3.63) is 117 Å². The summed E-state index contributed by atoms with van der Waals surface area (Å²) in [6.45, 7) is 0. The van der Waals surface area contributed by atoms with Gasteiger partial charge in [-0.25, -0.2) is 9.59 Å². The van der Waals surface area contributed by atoms with E-state index in [1.54, 1.807) is 66.7 Å². The Balaban J connectivity index is 1.33. The Morgan fingerprint density at radius 3 is 1.50 bits per heavy atom. The maximum Gasteiger partial charge on any atom is 0.336 e. The van der Waals surface area contributed by atoms with Crippen molar-refractivity contribution in [1.82, 2.24) is 0 Å². The molecule has 2 amide bonds. The SMILES string of the molecule is O=C(Nc1ccc2oc(=O)ccc2c1)c1cccc(C(=O)Nc2ccc3oc(=O)ccc3c2)c1. The van der Waals surface area contributed by atoms with Gasteiger partial charge in [0.2, 0.25) is 0 Å². The largest absolute Gasteiger partial charge is 0.423 e. The summed E-state index contributed by atoms with van der Waals surface area (Å²) >= 11 is 0. The van der Waals surface area contributed by atoms with Gasteiger partial charge in [-0.3, -0.25) is 9.59 Å². The minimum Gasteiger partial charge on any atom is -0.423 e. The maximum absolute atomic E-state index is 12.8. The smallest absolute Gasteiger partial charge is 0.336 e. The average Bonchev–Trinajstić information content (AvgIpc) is 2.84. The van der Waals surface area contributed by atoms with Crippen LogP contribution < -0.4 is 21.9 Å². The van der Waals surface area contributed by atoms with E-state index in [4.69, 9.17) is 8.83 Å². The quantitative estimate of drug-likeness (QED) is 0.390. The van der Waals surface area contributed by atoms with Crippen LogP contribution in [-0.2, 0) is 0 Å². The van der Waals surface area contributed by atoms with Crippen molar-refractivity contribution >= 4 is 45.1 Å². The van der Waals surface area contributed by atoms with Crippen LogP contribution in [0.5, 0.6) is 0 Å². The van der Waals surface area contributed by atoms with Crippen LogP contribution in [0.25, 0.3) is 21.9 Å². The van der Waals surface area contributed by atoms with Gasteiger partial charge in [-0.2, -0.15) is 0 Å². The highest BCUT2D eigenvalue weighted by atomic mass is 16.4. The van der Waals surface area contributed by atoms with Crippen molar-refractivity contribution in [1.29, 1.82) is 0 Å². The molecule has 2 N–H and O–H groups in total. The second-order valence-corrected chi connectivity index (χ2v) is 7.50. The summed E-state index contributed by atoms with van der Waals surface area (Å²) in [5.41, 5.74) is 1.57. The number of carbonyl (C=O) groups excluding carboxylic acids is 2. The molecule has 0 aliphatic rings. The third-order valence-electron chi connectivity index (χ3n) is 5.14. The molecule has 0 saturated carbocycles. The molecule has 2 aromatic heterocycles. The number of benzene rings is 3. The highest BCUT2D eigenvalue weighted by Gasteiger charge is 2.12. The van der Waals surface area contributed by atoms with Crippen LogP contribution in [0.4, 0.5) is 11.4 Å². The standard InChI is InChI=1S/C26H16N2O6/c29-23-10-4-15-13-19(6-8-21(15)33-23)27-25(31)17-2-1-3-18(12-17)26(32)28-20-7-9-22-16(14-20)5-11-24(30)34-22/h1-14H,(H,27,31)(H,28,32). The Kier molecular flexibility index (Phi) is 5.23. The van der Waals surface area contributed by atoms with Crippen LogP contribution in [-0.4, -0.2) is 11.8 Å². The van der Waals surface area contributed by atoms with Gasteiger partial charge in [-0.1, -0.05) is 6.07 Å². The fraction of sp³-hybridized carbons (Fsp3) is 0. The van der Waals surface area contributed by atoms with Crippen LogP contribution in [0.2, 0.25) is 0 Å². The molecular weight excluding hydrogens is 436 g/mol. The van der Waals surface area contributed by atoms with E-state index in [1.807, 2.05) is 0 Å². The summed E-state index contributed by atoms with van der Waals surface area (Å²) in [5.74, 6) is -0.792. The molecule has 0 fully saturated rings. The van der Waals surface area contributed by atoms with Gasteiger partial charge >= 0.3 is 11.3 Å². The molecule has 0 aliphatic heterocycles. The third-order valence-corrected chi connectivity index (χ3v) is 5.14. The Morgan fingerprint density at radius 2 is 1.03 bits per heavy atom. The molecule has 3 aromatic carbocycles. The van der Waals surface area contributed by atoms with Gasteiger partial charge in [0.25, 0.3) is 11.8 Å². The van der Waals surface area contributed by atoms with Crippen LogP contribution in [0.1, 0.15) is 20.7 Å². The first kappa shape index (κ1) is 20.9. The molecule has 2 heterocycles. The van der Waals surface area contributed by atoms with Gasteiger partial charge in [0, 0.05) is 45.4 Å². The zero-order valence-corrected chi connectivity index (χ0v) is 17.5. The van der Waals surface area contributed by atoms with E-state index in [-0.39, 0.29) is 0 Å². The number of nitrogens with one attached hydrogen (secondary N) is 2. The zero-order chi connectivity index (χ0) is 23.7. The fourth-order valence-electron chi connectivity index (χ4n) is 3.51. The van der Waals surface area contributed by atoms with E-state index in [9.17, 15) is 19.2 Å². The highest BCUT2D eigenvalue weighted by Crippen LogP contribution is 2.20. The van der Waals surface area contributed by atoms with E-state index >= 15 is 0 Å². The van der Waals surface area contributed by atoms with E-state index < -0.39 is 23.1 Å². The monoisotopic (exact) mass is 452 g/mol. The van der Waals surface area contributed by atoms with Crippen molar-refractivity contribution in [3.8, 4) is 0 Å². The Hall–Kier alpha value is -4.98. The molecule has 5 rings (SSSR count). The lowest BCUT2D eigenvalue weighted by atomic mass is 10.1. The normalized spacial score (nSPS) is 10.8. The van der Waals surface area contributed by atoms with Gasteiger partial charge in [0.05, 0.1) is 0 Å². The summed E-state index contributed by atoms with van der Waals surface area (Å²) < 4.78 is 10.2. The number of hydrogen-bond donors (Lipinski definition) is 2. The number of amides is 2. The lowest BCUT2D eigenvalue weighted by molar-refractivity contribution is 0.102. The topological polar surface area (TPSA) is 119 Å². The van der Waals surface area contributed by atoms with Gasteiger partial charge in [-0.05, 0) is 66.7 Å². The average molecular weight is 452 g/mol. The molecule has 0 spiro atoms. The van der Waals surface area contributed by atoms with Crippen molar-refractivity contribution in [2.45, 2.75) is 0 Å². The van der Waals surface area contributed by atoms with Crippen molar-refractivity contribution in [2.24, 2.45) is 0 Å². The second kappa shape index (κ2) is 8.51. The van der Waals surface area contributed by atoms with E-state index in [0.717, 1.165) is 0 Å². The van der Waals surface area contributed by atoms with E-state index in [2.05, 4.69) is 10.6 Å². The molecule has 166 valence electrons. The predicted molar refractivity (Wildman–Crippen MR) is 127 cm³/mol. The number of rotatable bonds is 4. The lowest BCUT2D eigenvalue weighted by Gasteiger charge is -2.09. The summed E-state index contributed by atoms with van der Waals surface area (Å²) in [6.07, 6.45) is 0. The fourth-order valence-corrected chi connectivity index (χ4v) is 3.51. The summed E-state index contributed by atoms with van der Waals surface area (Å²) in [5, 5.41) is 6.89. The van der Waals surface area contributed by atoms with E-state index in [0.29, 0.717) is 44.4 Å². The number of anilines is 2. The molecule has 34 heavy (non-hydrogen) atoms. The first-order chi connectivity index (χ1) is 16.4. The summed E-state index contributed by atoms with van der Waals surface area (Å²) in [4.78, 5) is 48.2. The molecule has 5 aromatic rings. The Bertz CT molecular complexity index is 1580. The van der Waals surface area contributed by atoms with Crippen molar-refractivity contribution in [3.63, 3.8) is 0 Å². The minimum absolute atomic E-state index is 0.299. The maximum atomic E-state index is 12.8. The number of fused-ring (bicyclic) bond motifs is 2. The lowest BCUT2D eigenvalue weighted by Crippen LogP contribution is -2.15. The molecule has 0 unspecified atom stereocenters. The number of hydrogen-bond acceptors (Lipinski definition) is 6. The van der Waals surface area contributed by atoms with E-state index in [1.165, 1.54) is 18.2 Å². The van der Waals surface area contributed by atoms with Gasteiger partial charge in [0.15, 0.2) is 0 Å². The first-order valence-corrected chi connectivity index (χ1v) is 10.3. The molecular formula is C26H16N2O6. The summed E-state index contributed by atoms with van der Waals surface area (Å²) in [6, 6.07) is 22.0. The molecule has 0 radical (unpaired) electrons. The molecule has 0 bridgehead atoms. The van der Waals surface area contributed by atoms with Gasteiger partial charge in [-0.15, -0.1) is 0 Å². The van der Waals surface area contributed by atoms with Crippen LogP contribution >= 0.6 is 0 Å².